The maximum absolute atomic E-state index is 12.8. The summed E-state index contributed by atoms with van der Waals surface area (Å²) in [5, 5.41) is 0.692. The lowest BCUT2D eigenvalue weighted by Crippen LogP contribution is -2.51. The van der Waals surface area contributed by atoms with Crippen LogP contribution < -0.4 is 5.63 Å². The van der Waals surface area contributed by atoms with Crippen LogP contribution in [0.3, 0.4) is 0 Å². The Labute approximate surface area is 154 Å². The third-order valence-electron chi connectivity index (χ3n) is 4.51. The van der Waals surface area contributed by atoms with Gasteiger partial charge in [0.25, 0.3) is 11.8 Å². The van der Waals surface area contributed by atoms with Gasteiger partial charge in [0.2, 0.25) is 0 Å². The average molecular weight is 364 g/mol. The van der Waals surface area contributed by atoms with Gasteiger partial charge in [0, 0.05) is 44.0 Å². The summed E-state index contributed by atoms with van der Waals surface area (Å²) < 4.78 is 5.24. The van der Waals surface area contributed by atoms with Crippen LogP contribution in [0.4, 0.5) is 0 Å². The van der Waals surface area contributed by atoms with Crippen LogP contribution in [-0.2, 0) is 0 Å². The molecule has 0 bridgehead atoms. The molecule has 136 valence electrons. The molecule has 1 saturated heterocycles. The fraction of sp³-hybridized carbons (Fsp3) is 0.211. The number of carbonyl (C=O) groups is 2. The zero-order chi connectivity index (χ0) is 18.8. The largest absolute Gasteiger partial charge is 0.422 e. The molecule has 4 rings (SSSR count). The first-order chi connectivity index (χ1) is 13.1. The standard InChI is InChI=1S/C19H16N4O4/c24-17(14-11-13-3-1-2-4-16(13)27-19(14)26)22-7-9-23(10-8-22)18(25)15-12-20-5-6-21-15/h1-6,11-12H,7-10H2. The van der Waals surface area contributed by atoms with Gasteiger partial charge in [0.1, 0.15) is 16.8 Å². The summed E-state index contributed by atoms with van der Waals surface area (Å²) in [5.74, 6) is -0.610. The van der Waals surface area contributed by atoms with E-state index >= 15 is 0 Å². The molecule has 0 unspecified atom stereocenters. The molecule has 0 radical (unpaired) electrons. The Morgan fingerprint density at radius 1 is 0.963 bits per heavy atom. The molecule has 1 fully saturated rings. The van der Waals surface area contributed by atoms with Gasteiger partial charge in [-0.15, -0.1) is 0 Å². The molecule has 8 nitrogen and oxygen atoms in total. The summed E-state index contributed by atoms with van der Waals surface area (Å²) >= 11 is 0. The second-order valence-electron chi connectivity index (χ2n) is 6.16. The molecule has 0 spiro atoms. The molecule has 3 heterocycles. The van der Waals surface area contributed by atoms with Gasteiger partial charge in [-0.1, -0.05) is 18.2 Å². The van der Waals surface area contributed by atoms with E-state index in [0.717, 1.165) is 0 Å². The molecule has 1 aliphatic heterocycles. The highest BCUT2D eigenvalue weighted by atomic mass is 16.4. The van der Waals surface area contributed by atoms with E-state index < -0.39 is 5.63 Å². The van der Waals surface area contributed by atoms with Crippen LogP contribution >= 0.6 is 0 Å². The normalized spacial score (nSPS) is 14.4. The van der Waals surface area contributed by atoms with E-state index in [4.69, 9.17) is 4.42 Å². The number of carbonyl (C=O) groups excluding carboxylic acids is 2. The molecule has 0 aliphatic carbocycles. The predicted octanol–water partition coefficient (Wildman–Crippen LogP) is 1.18. The average Bonchev–Trinajstić information content (AvgIpc) is 2.73. The molecule has 3 aromatic rings. The van der Waals surface area contributed by atoms with Crippen molar-refractivity contribution in [1.29, 1.82) is 0 Å². The van der Waals surface area contributed by atoms with Crippen molar-refractivity contribution in [3.05, 3.63) is 70.6 Å². The van der Waals surface area contributed by atoms with Crippen molar-refractivity contribution in [3.8, 4) is 0 Å². The molecular weight excluding hydrogens is 348 g/mol. The Hall–Kier alpha value is -3.55. The predicted molar refractivity (Wildman–Crippen MR) is 96.3 cm³/mol. The molecule has 1 aliphatic rings. The highest BCUT2D eigenvalue weighted by Crippen LogP contribution is 2.15. The Morgan fingerprint density at radius 3 is 2.37 bits per heavy atom. The third kappa shape index (κ3) is 3.29. The number of benzene rings is 1. The number of piperazine rings is 1. The Balaban J connectivity index is 1.48. The molecule has 2 amide bonds. The monoisotopic (exact) mass is 364 g/mol. The summed E-state index contributed by atoms with van der Waals surface area (Å²) in [6.45, 7) is 1.38. The minimum Gasteiger partial charge on any atom is -0.422 e. The van der Waals surface area contributed by atoms with Gasteiger partial charge < -0.3 is 14.2 Å². The topological polar surface area (TPSA) is 96.6 Å². The highest BCUT2D eigenvalue weighted by Gasteiger charge is 2.27. The van der Waals surface area contributed by atoms with E-state index in [1.54, 1.807) is 34.1 Å². The zero-order valence-corrected chi connectivity index (χ0v) is 14.4. The van der Waals surface area contributed by atoms with E-state index in [1.807, 2.05) is 6.07 Å². The van der Waals surface area contributed by atoms with Gasteiger partial charge in [0.05, 0.1) is 6.20 Å². The lowest BCUT2D eigenvalue weighted by molar-refractivity contribution is 0.0529. The van der Waals surface area contributed by atoms with Gasteiger partial charge in [-0.3, -0.25) is 14.6 Å². The fourth-order valence-electron chi connectivity index (χ4n) is 3.07. The zero-order valence-electron chi connectivity index (χ0n) is 14.4. The molecular formula is C19H16N4O4. The fourth-order valence-corrected chi connectivity index (χ4v) is 3.07. The van der Waals surface area contributed by atoms with Crippen molar-refractivity contribution in [2.75, 3.05) is 26.2 Å². The number of hydrogen-bond donors (Lipinski definition) is 0. The van der Waals surface area contributed by atoms with E-state index in [0.29, 0.717) is 37.1 Å². The third-order valence-corrected chi connectivity index (χ3v) is 4.51. The lowest BCUT2D eigenvalue weighted by Gasteiger charge is -2.34. The quantitative estimate of drug-likeness (QED) is 0.634. The second-order valence-corrected chi connectivity index (χ2v) is 6.16. The van der Waals surface area contributed by atoms with Crippen molar-refractivity contribution in [2.24, 2.45) is 0 Å². The van der Waals surface area contributed by atoms with Crippen molar-refractivity contribution < 1.29 is 14.0 Å². The highest BCUT2D eigenvalue weighted by molar-refractivity contribution is 5.97. The van der Waals surface area contributed by atoms with Crippen LogP contribution in [0.5, 0.6) is 0 Å². The van der Waals surface area contributed by atoms with Crippen molar-refractivity contribution in [2.45, 2.75) is 0 Å². The Morgan fingerprint density at radius 2 is 1.67 bits per heavy atom. The van der Waals surface area contributed by atoms with Gasteiger partial charge in [0.15, 0.2) is 0 Å². The van der Waals surface area contributed by atoms with E-state index in [-0.39, 0.29) is 23.1 Å². The van der Waals surface area contributed by atoms with Crippen LogP contribution in [0.25, 0.3) is 11.0 Å². The molecule has 0 atom stereocenters. The number of fused-ring (bicyclic) bond motifs is 1. The van der Waals surface area contributed by atoms with Crippen LogP contribution in [-0.4, -0.2) is 57.8 Å². The summed E-state index contributed by atoms with van der Waals surface area (Å²) in [7, 11) is 0. The first kappa shape index (κ1) is 16.9. The molecule has 2 aromatic heterocycles. The minimum atomic E-state index is -0.656. The molecule has 0 saturated carbocycles. The lowest BCUT2D eigenvalue weighted by atomic mass is 10.1. The minimum absolute atomic E-state index is 0.00222. The molecule has 27 heavy (non-hydrogen) atoms. The van der Waals surface area contributed by atoms with Crippen LogP contribution in [0.15, 0.2) is 58.1 Å². The van der Waals surface area contributed by atoms with Crippen LogP contribution in [0.1, 0.15) is 20.8 Å². The first-order valence-electron chi connectivity index (χ1n) is 8.51. The smallest absolute Gasteiger partial charge is 0.349 e. The maximum atomic E-state index is 12.8. The molecule has 0 N–H and O–H groups in total. The van der Waals surface area contributed by atoms with Gasteiger partial charge in [-0.25, -0.2) is 9.78 Å². The SMILES string of the molecule is O=C(c1cnccn1)N1CCN(C(=O)c2cc3ccccc3oc2=O)CC1. The number of hydrogen-bond acceptors (Lipinski definition) is 6. The van der Waals surface area contributed by atoms with E-state index in [9.17, 15) is 14.4 Å². The van der Waals surface area contributed by atoms with Crippen molar-refractivity contribution in [3.63, 3.8) is 0 Å². The number of amides is 2. The number of para-hydroxylation sites is 1. The molecule has 8 heteroatoms. The number of nitrogens with zero attached hydrogens (tertiary/aromatic N) is 4. The first-order valence-corrected chi connectivity index (χ1v) is 8.51. The summed E-state index contributed by atoms with van der Waals surface area (Å²) in [5.41, 5.74) is 0.0602. The van der Waals surface area contributed by atoms with Gasteiger partial charge in [-0.2, -0.15) is 0 Å². The summed E-state index contributed by atoms with van der Waals surface area (Å²) in [6, 6.07) is 8.60. The number of aromatic nitrogens is 2. The van der Waals surface area contributed by atoms with Crippen molar-refractivity contribution in [1.82, 2.24) is 19.8 Å². The maximum Gasteiger partial charge on any atom is 0.349 e. The summed E-state index contributed by atoms with van der Waals surface area (Å²) in [4.78, 5) is 48.4. The van der Waals surface area contributed by atoms with Gasteiger partial charge >= 0.3 is 5.63 Å². The second kappa shape index (κ2) is 6.99. The van der Waals surface area contributed by atoms with Gasteiger partial charge in [-0.05, 0) is 12.1 Å². The van der Waals surface area contributed by atoms with Crippen LogP contribution in [0.2, 0.25) is 0 Å². The van der Waals surface area contributed by atoms with E-state index in [2.05, 4.69) is 9.97 Å². The Kier molecular flexibility index (Phi) is 4.37. The number of rotatable bonds is 2. The van der Waals surface area contributed by atoms with E-state index in [1.165, 1.54) is 18.6 Å². The van der Waals surface area contributed by atoms with Crippen molar-refractivity contribution >= 4 is 22.8 Å². The Bertz CT molecular complexity index is 1060. The molecule has 1 aromatic carbocycles. The summed E-state index contributed by atoms with van der Waals surface area (Å²) in [6.07, 6.45) is 4.38. The van der Waals surface area contributed by atoms with Crippen LogP contribution in [0, 0.1) is 0 Å².